The topological polar surface area (TPSA) is 52.6 Å². The zero-order chi connectivity index (χ0) is 17.8. The molecule has 0 radical (unpaired) electrons. The third kappa shape index (κ3) is 9.46. The molecule has 0 amide bonds. The van der Waals surface area contributed by atoms with Crippen molar-refractivity contribution in [3.63, 3.8) is 0 Å². The molecule has 1 atom stereocenters. The first-order valence-corrected chi connectivity index (χ1v) is 8.83. The first-order chi connectivity index (χ1) is 11.5. The molecule has 0 bridgehead atoms. The number of ketones is 1. The second kappa shape index (κ2) is 11.8. The molecule has 1 unspecified atom stereocenters. The number of esters is 1. The van der Waals surface area contributed by atoms with Gasteiger partial charge in [-0.3, -0.25) is 9.59 Å². The fraction of sp³-hybridized carbons (Fsp3) is 0.600. The van der Waals surface area contributed by atoms with Crippen LogP contribution in [-0.2, 0) is 25.5 Å². The van der Waals surface area contributed by atoms with E-state index in [0.717, 1.165) is 31.2 Å². The molecule has 0 heterocycles. The lowest BCUT2D eigenvalue weighted by atomic mass is 10.00. The van der Waals surface area contributed by atoms with Gasteiger partial charge in [-0.2, -0.15) is 0 Å². The van der Waals surface area contributed by atoms with Crippen LogP contribution in [0.5, 0.6) is 0 Å². The van der Waals surface area contributed by atoms with E-state index < -0.39 is 0 Å². The monoisotopic (exact) mass is 334 g/mol. The number of Topliss-reactive ketones (excluding diaryl/α,β-unsaturated/α-hetero) is 1. The molecule has 0 aliphatic heterocycles. The van der Waals surface area contributed by atoms with E-state index in [9.17, 15) is 9.59 Å². The molecule has 0 saturated heterocycles. The van der Waals surface area contributed by atoms with Gasteiger partial charge in [0.2, 0.25) is 0 Å². The number of aryl methyl sites for hydroxylation is 1. The summed E-state index contributed by atoms with van der Waals surface area (Å²) in [5.41, 5.74) is 2.38. The summed E-state index contributed by atoms with van der Waals surface area (Å²) in [6.45, 7) is 6.48. The van der Waals surface area contributed by atoms with Gasteiger partial charge in [0.05, 0.1) is 6.61 Å². The van der Waals surface area contributed by atoms with E-state index in [1.807, 2.05) is 13.8 Å². The molecule has 1 saturated carbocycles. The van der Waals surface area contributed by atoms with Crippen LogP contribution in [0.15, 0.2) is 24.3 Å². The maximum absolute atomic E-state index is 11.0. The molecule has 4 heteroatoms. The van der Waals surface area contributed by atoms with Crippen molar-refractivity contribution in [3.8, 4) is 0 Å². The minimum Gasteiger partial charge on any atom is -0.460 e. The lowest BCUT2D eigenvalue weighted by Gasteiger charge is -2.17. The Bertz CT molecular complexity index is 485. The predicted octanol–water partition coefficient (Wildman–Crippen LogP) is 4.03. The minimum absolute atomic E-state index is 0.199. The Morgan fingerprint density at radius 3 is 2.21 bits per heavy atom. The van der Waals surface area contributed by atoms with Crippen LogP contribution in [0.25, 0.3) is 0 Å². The van der Waals surface area contributed by atoms with Crippen molar-refractivity contribution in [1.29, 1.82) is 0 Å². The molecule has 1 aliphatic carbocycles. The van der Waals surface area contributed by atoms with Crippen LogP contribution in [0.3, 0.4) is 0 Å². The fourth-order valence-electron chi connectivity index (χ4n) is 2.55. The van der Waals surface area contributed by atoms with Crippen LogP contribution in [-0.4, -0.2) is 31.1 Å². The van der Waals surface area contributed by atoms with Gasteiger partial charge in [-0.05, 0) is 32.3 Å². The Labute approximate surface area is 145 Å². The van der Waals surface area contributed by atoms with Gasteiger partial charge in [-0.25, -0.2) is 0 Å². The zero-order valence-electron chi connectivity index (χ0n) is 15.2. The Balaban J connectivity index is 0.000000341. The van der Waals surface area contributed by atoms with E-state index in [1.165, 1.54) is 18.9 Å². The zero-order valence-corrected chi connectivity index (χ0v) is 15.2. The van der Waals surface area contributed by atoms with Crippen LogP contribution in [0.2, 0.25) is 0 Å². The van der Waals surface area contributed by atoms with Crippen molar-refractivity contribution in [2.24, 2.45) is 0 Å². The first kappa shape index (κ1) is 20.4. The number of benzene rings is 1. The van der Waals surface area contributed by atoms with Crippen molar-refractivity contribution in [2.45, 2.75) is 65.4 Å². The average Bonchev–Trinajstić information content (AvgIpc) is 2.55. The Kier molecular flexibility index (Phi) is 10.0. The molecule has 0 N–H and O–H groups in total. The second-order valence-corrected chi connectivity index (χ2v) is 6.18. The Morgan fingerprint density at radius 2 is 1.75 bits per heavy atom. The highest BCUT2D eigenvalue weighted by Gasteiger charge is 2.13. The SMILES string of the molecule is CCOCC(Cc1ccc(C)cc1)OC(C)=O.O=C1CCCCC1. The highest BCUT2D eigenvalue weighted by molar-refractivity contribution is 5.78. The number of hydrogen-bond donors (Lipinski definition) is 0. The highest BCUT2D eigenvalue weighted by Crippen LogP contribution is 2.12. The van der Waals surface area contributed by atoms with Crippen LogP contribution >= 0.6 is 0 Å². The molecular weight excluding hydrogens is 304 g/mol. The molecule has 24 heavy (non-hydrogen) atoms. The van der Waals surface area contributed by atoms with E-state index in [1.54, 1.807) is 0 Å². The highest BCUT2D eigenvalue weighted by atomic mass is 16.6. The average molecular weight is 334 g/mol. The number of carbonyl (C=O) groups excluding carboxylic acids is 2. The maximum atomic E-state index is 11.0. The summed E-state index contributed by atoms with van der Waals surface area (Å²) in [5.74, 6) is 0.202. The van der Waals surface area contributed by atoms with Crippen molar-refractivity contribution < 1.29 is 19.1 Å². The van der Waals surface area contributed by atoms with Crippen LogP contribution in [0.1, 0.15) is 57.1 Å². The van der Waals surface area contributed by atoms with Crippen molar-refractivity contribution >= 4 is 11.8 Å². The van der Waals surface area contributed by atoms with E-state index in [-0.39, 0.29) is 12.1 Å². The van der Waals surface area contributed by atoms with Gasteiger partial charge in [-0.1, -0.05) is 36.2 Å². The number of hydrogen-bond acceptors (Lipinski definition) is 4. The van der Waals surface area contributed by atoms with Gasteiger partial charge in [0.1, 0.15) is 11.9 Å². The van der Waals surface area contributed by atoms with Gasteiger partial charge in [0.15, 0.2) is 0 Å². The van der Waals surface area contributed by atoms with Crippen LogP contribution < -0.4 is 0 Å². The van der Waals surface area contributed by atoms with Gasteiger partial charge >= 0.3 is 5.97 Å². The summed E-state index contributed by atoms with van der Waals surface area (Å²) in [4.78, 5) is 21.4. The molecule has 0 spiro atoms. The summed E-state index contributed by atoms with van der Waals surface area (Å²) < 4.78 is 10.5. The largest absolute Gasteiger partial charge is 0.460 e. The van der Waals surface area contributed by atoms with E-state index in [2.05, 4.69) is 24.3 Å². The molecular formula is C20H30O4. The normalized spacial score (nSPS) is 15.2. The number of carbonyl (C=O) groups is 2. The van der Waals surface area contributed by atoms with Gasteiger partial charge in [0.25, 0.3) is 0 Å². The summed E-state index contributed by atoms with van der Waals surface area (Å²) in [6.07, 6.45) is 5.73. The molecule has 134 valence electrons. The van der Waals surface area contributed by atoms with Crippen molar-refractivity contribution in [1.82, 2.24) is 0 Å². The summed E-state index contributed by atoms with van der Waals surface area (Å²) in [5, 5.41) is 0. The molecule has 1 fully saturated rings. The summed E-state index contributed by atoms with van der Waals surface area (Å²) in [7, 11) is 0. The standard InChI is InChI=1S/C14H20O3.C6H10O/c1-4-16-10-14(17-12(3)15)9-13-7-5-11(2)6-8-13;7-6-4-2-1-3-5-6/h5-8,14H,4,9-10H2,1-3H3;1-5H2. The minimum atomic E-state index is -0.262. The van der Waals surface area contributed by atoms with Gasteiger partial charge in [0, 0.05) is 32.8 Å². The molecule has 2 rings (SSSR count). The lowest BCUT2D eigenvalue weighted by Crippen LogP contribution is -2.24. The van der Waals surface area contributed by atoms with Crippen LogP contribution in [0, 0.1) is 6.92 Å². The summed E-state index contributed by atoms with van der Waals surface area (Å²) in [6, 6.07) is 8.22. The van der Waals surface area contributed by atoms with Crippen molar-refractivity contribution in [3.05, 3.63) is 35.4 Å². The molecule has 0 aromatic heterocycles. The van der Waals surface area contributed by atoms with E-state index >= 15 is 0 Å². The predicted molar refractivity (Wildman–Crippen MR) is 95.0 cm³/mol. The fourth-order valence-corrected chi connectivity index (χ4v) is 2.55. The maximum Gasteiger partial charge on any atom is 0.302 e. The van der Waals surface area contributed by atoms with E-state index in [4.69, 9.17) is 9.47 Å². The molecule has 1 aromatic carbocycles. The third-order valence-corrected chi connectivity index (χ3v) is 3.84. The third-order valence-electron chi connectivity index (χ3n) is 3.84. The quantitative estimate of drug-likeness (QED) is 0.737. The smallest absolute Gasteiger partial charge is 0.302 e. The van der Waals surface area contributed by atoms with Crippen molar-refractivity contribution in [2.75, 3.05) is 13.2 Å². The Hall–Kier alpha value is -1.68. The second-order valence-electron chi connectivity index (χ2n) is 6.18. The first-order valence-electron chi connectivity index (χ1n) is 8.83. The molecule has 1 aliphatic rings. The lowest BCUT2D eigenvalue weighted by molar-refractivity contribution is -0.149. The number of rotatable bonds is 6. The molecule has 4 nitrogen and oxygen atoms in total. The summed E-state index contributed by atoms with van der Waals surface area (Å²) >= 11 is 0. The number of ether oxygens (including phenoxy) is 2. The van der Waals surface area contributed by atoms with Gasteiger partial charge < -0.3 is 9.47 Å². The molecule has 1 aromatic rings. The van der Waals surface area contributed by atoms with E-state index in [0.29, 0.717) is 25.4 Å². The van der Waals surface area contributed by atoms with Gasteiger partial charge in [-0.15, -0.1) is 0 Å². The Morgan fingerprint density at radius 1 is 1.12 bits per heavy atom. The van der Waals surface area contributed by atoms with Crippen LogP contribution in [0.4, 0.5) is 0 Å².